The summed E-state index contributed by atoms with van der Waals surface area (Å²) in [7, 11) is 0. The van der Waals surface area contributed by atoms with Gasteiger partial charge in [0.2, 0.25) is 5.91 Å². The number of aryl methyl sites for hydroxylation is 2. The van der Waals surface area contributed by atoms with E-state index in [4.69, 9.17) is 5.10 Å². The van der Waals surface area contributed by atoms with Gasteiger partial charge in [-0.15, -0.1) is 0 Å². The molecule has 0 bridgehead atoms. The lowest BCUT2D eigenvalue weighted by molar-refractivity contribution is -0.121. The molecular formula is C27H34N4O. The molecule has 1 saturated heterocycles. The third kappa shape index (κ3) is 5.65. The first-order chi connectivity index (χ1) is 15.6. The Balaban J connectivity index is 1.41. The highest BCUT2D eigenvalue weighted by Gasteiger charge is 2.18. The maximum Gasteiger partial charge on any atom is 0.220 e. The van der Waals surface area contributed by atoms with Gasteiger partial charge in [-0.25, -0.2) is 4.68 Å². The van der Waals surface area contributed by atoms with Crippen LogP contribution < -0.4 is 5.32 Å². The largest absolute Gasteiger partial charge is 0.355 e. The molecule has 3 aromatic rings. The first-order valence-corrected chi connectivity index (χ1v) is 11.8. The molecule has 1 aliphatic rings. The van der Waals surface area contributed by atoms with Crippen LogP contribution in [0.2, 0.25) is 0 Å². The number of nitrogens with zero attached hydrogens (tertiary/aromatic N) is 3. The molecule has 0 unspecified atom stereocenters. The monoisotopic (exact) mass is 430 g/mol. The molecule has 2 aromatic carbocycles. The highest BCUT2D eigenvalue weighted by atomic mass is 16.1. The minimum absolute atomic E-state index is 0.108. The summed E-state index contributed by atoms with van der Waals surface area (Å²) in [6, 6.07) is 19.2. The Morgan fingerprint density at radius 2 is 1.88 bits per heavy atom. The second-order valence-electron chi connectivity index (χ2n) is 8.88. The molecule has 1 amide bonds. The third-order valence-electron chi connectivity index (χ3n) is 6.42. The molecule has 0 aliphatic carbocycles. The molecule has 4 rings (SSSR count). The lowest BCUT2D eigenvalue weighted by atomic mass is 10.0. The maximum atomic E-state index is 12.6. The Morgan fingerprint density at radius 3 is 2.62 bits per heavy atom. The van der Waals surface area contributed by atoms with Crippen LogP contribution in [0.4, 0.5) is 0 Å². The number of nitrogens with one attached hydrogen (secondary N) is 1. The van der Waals surface area contributed by atoms with E-state index in [1.54, 1.807) is 0 Å². The quantitative estimate of drug-likeness (QED) is 0.560. The molecule has 0 spiro atoms. The number of aromatic nitrogens is 2. The summed E-state index contributed by atoms with van der Waals surface area (Å²) in [5, 5.41) is 7.99. The number of para-hydroxylation sites is 1. The highest BCUT2D eigenvalue weighted by Crippen LogP contribution is 2.25. The Labute approximate surface area is 191 Å². The molecule has 0 saturated carbocycles. The number of carbonyl (C=O) groups excluding carboxylic acids is 1. The van der Waals surface area contributed by atoms with Gasteiger partial charge in [-0.05, 0) is 57.4 Å². The average Bonchev–Trinajstić information content (AvgIpc) is 3.24. The average molecular weight is 431 g/mol. The van der Waals surface area contributed by atoms with Gasteiger partial charge in [0.15, 0.2) is 0 Å². The van der Waals surface area contributed by atoms with Crippen molar-refractivity contribution >= 4 is 5.91 Å². The Kier molecular flexibility index (Phi) is 7.38. The van der Waals surface area contributed by atoms with E-state index in [-0.39, 0.29) is 5.91 Å². The van der Waals surface area contributed by atoms with Crippen LogP contribution in [0.5, 0.6) is 0 Å². The van der Waals surface area contributed by atoms with Gasteiger partial charge in [-0.3, -0.25) is 9.69 Å². The number of hydrogen-bond donors (Lipinski definition) is 1. The zero-order valence-electron chi connectivity index (χ0n) is 19.3. The van der Waals surface area contributed by atoms with Gasteiger partial charge in [0.05, 0.1) is 11.4 Å². The van der Waals surface area contributed by atoms with E-state index < -0.39 is 0 Å². The molecule has 1 fully saturated rings. The molecule has 2 heterocycles. The van der Waals surface area contributed by atoms with E-state index in [9.17, 15) is 4.79 Å². The van der Waals surface area contributed by atoms with Crippen molar-refractivity contribution in [3.05, 3.63) is 71.9 Å². The van der Waals surface area contributed by atoms with E-state index in [0.717, 1.165) is 42.1 Å². The van der Waals surface area contributed by atoms with E-state index >= 15 is 0 Å². The fourth-order valence-electron chi connectivity index (χ4n) is 4.43. The second-order valence-corrected chi connectivity index (χ2v) is 8.88. The van der Waals surface area contributed by atoms with Gasteiger partial charge in [0.1, 0.15) is 0 Å². The summed E-state index contributed by atoms with van der Waals surface area (Å²) < 4.78 is 1.92. The number of carbonyl (C=O) groups is 1. The van der Waals surface area contributed by atoms with Gasteiger partial charge in [0.25, 0.3) is 0 Å². The van der Waals surface area contributed by atoms with Crippen LogP contribution in [0, 0.1) is 6.92 Å². The van der Waals surface area contributed by atoms with Crippen LogP contribution in [0.3, 0.4) is 0 Å². The standard InChI is InChI=1S/C27H34N4O/c1-21-11-13-23(14-12-21)27-24(20-31(29-27)25-9-4-3-5-10-25)15-16-26(32)28-17-19-30-18-7-6-8-22(30)2/h3-5,9-14,20,22H,6-8,15-19H2,1-2H3,(H,28,32)/t22-/m1/s1. The van der Waals surface area contributed by atoms with Crippen molar-refractivity contribution in [2.45, 2.75) is 52.0 Å². The Morgan fingerprint density at radius 1 is 1.09 bits per heavy atom. The lowest BCUT2D eigenvalue weighted by Gasteiger charge is -2.33. The van der Waals surface area contributed by atoms with Gasteiger partial charge in [-0.1, -0.05) is 54.4 Å². The topological polar surface area (TPSA) is 50.2 Å². The van der Waals surface area contributed by atoms with Crippen LogP contribution in [0.15, 0.2) is 60.8 Å². The molecule has 1 N–H and O–H groups in total. The predicted molar refractivity (Wildman–Crippen MR) is 130 cm³/mol. The fraction of sp³-hybridized carbons (Fsp3) is 0.407. The van der Waals surface area contributed by atoms with Gasteiger partial charge in [-0.2, -0.15) is 5.10 Å². The molecule has 1 atom stereocenters. The third-order valence-corrected chi connectivity index (χ3v) is 6.42. The highest BCUT2D eigenvalue weighted by molar-refractivity contribution is 5.76. The molecule has 5 nitrogen and oxygen atoms in total. The lowest BCUT2D eigenvalue weighted by Crippen LogP contribution is -2.42. The number of amides is 1. The number of likely N-dealkylation sites (tertiary alicyclic amines) is 1. The van der Waals surface area contributed by atoms with E-state index in [1.807, 2.05) is 35.0 Å². The zero-order valence-corrected chi connectivity index (χ0v) is 19.3. The first kappa shape index (κ1) is 22.3. The SMILES string of the molecule is Cc1ccc(-c2nn(-c3ccccc3)cc2CCC(=O)NCCN2CCCC[C@H]2C)cc1. The maximum absolute atomic E-state index is 12.6. The first-order valence-electron chi connectivity index (χ1n) is 11.8. The molecule has 32 heavy (non-hydrogen) atoms. The van der Waals surface area contributed by atoms with Crippen LogP contribution in [-0.4, -0.2) is 46.3 Å². The van der Waals surface area contributed by atoms with Crippen molar-refractivity contribution in [2.75, 3.05) is 19.6 Å². The second kappa shape index (κ2) is 10.6. The smallest absolute Gasteiger partial charge is 0.220 e. The van der Waals surface area contributed by atoms with Crippen molar-refractivity contribution in [2.24, 2.45) is 0 Å². The van der Waals surface area contributed by atoms with Crippen LogP contribution in [0.25, 0.3) is 16.9 Å². The van der Waals surface area contributed by atoms with Crippen LogP contribution in [0.1, 0.15) is 43.7 Å². The molecule has 5 heteroatoms. The minimum atomic E-state index is 0.108. The zero-order chi connectivity index (χ0) is 22.3. The van der Waals surface area contributed by atoms with Gasteiger partial charge < -0.3 is 5.32 Å². The summed E-state index contributed by atoms with van der Waals surface area (Å²) in [5.74, 6) is 0.108. The molecular weight excluding hydrogens is 396 g/mol. The minimum Gasteiger partial charge on any atom is -0.355 e. The molecule has 1 aliphatic heterocycles. The van der Waals surface area contributed by atoms with Crippen molar-refractivity contribution < 1.29 is 4.79 Å². The molecule has 1 aromatic heterocycles. The number of piperidine rings is 1. The predicted octanol–water partition coefficient (Wildman–Crippen LogP) is 4.77. The molecule has 168 valence electrons. The number of rotatable bonds is 8. The summed E-state index contributed by atoms with van der Waals surface area (Å²) in [5.41, 5.74) is 5.37. The normalized spacial score (nSPS) is 16.8. The van der Waals surface area contributed by atoms with Crippen molar-refractivity contribution in [1.82, 2.24) is 20.0 Å². The van der Waals surface area contributed by atoms with E-state index in [0.29, 0.717) is 18.9 Å². The van der Waals surface area contributed by atoms with E-state index in [2.05, 4.69) is 54.5 Å². The fourth-order valence-corrected chi connectivity index (χ4v) is 4.43. The number of hydrogen-bond acceptors (Lipinski definition) is 3. The van der Waals surface area contributed by atoms with Crippen molar-refractivity contribution in [3.63, 3.8) is 0 Å². The van der Waals surface area contributed by atoms with Gasteiger partial charge >= 0.3 is 0 Å². The van der Waals surface area contributed by atoms with Crippen LogP contribution in [-0.2, 0) is 11.2 Å². The summed E-state index contributed by atoms with van der Waals surface area (Å²) in [6.45, 7) is 7.18. The van der Waals surface area contributed by atoms with Crippen molar-refractivity contribution in [1.29, 1.82) is 0 Å². The Bertz CT molecular complexity index is 1010. The van der Waals surface area contributed by atoms with Crippen LogP contribution >= 0.6 is 0 Å². The summed E-state index contributed by atoms with van der Waals surface area (Å²) in [6.07, 6.45) is 7.06. The number of benzene rings is 2. The summed E-state index contributed by atoms with van der Waals surface area (Å²) >= 11 is 0. The van der Waals surface area contributed by atoms with Gasteiger partial charge in [0, 0.05) is 37.3 Å². The summed E-state index contributed by atoms with van der Waals surface area (Å²) in [4.78, 5) is 15.0. The van der Waals surface area contributed by atoms with Crippen molar-refractivity contribution in [3.8, 4) is 16.9 Å². The molecule has 0 radical (unpaired) electrons. The van der Waals surface area contributed by atoms with E-state index in [1.165, 1.54) is 24.8 Å². The Hall–Kier alpha value is -2.92.